The fourth-order valence-corrected chi connectivity index (χ4v) is 2.94. The highest BCUT2D eigenvalue weighted by molar-refractivity contribution is 5.99. The Kier molecular flexibility index (Phi) is 3.83. The highest BCUT2D eigenvalue weighted by Gasteiger charge is 2.57. The van der Waals surface area contributed by atoms with Crippen molar-refractivity contribution >= 4 is 5.78 Å². The van der Waals surface area contributed by atoms with Gasteiger partial charge in [0.1, 0.15) is 0 Å². The van der Waals surface area contributed by atoms with Crippen molar-refractivity contribution in [2.24, 2.45) is 15.4 Å². The van der Waals surface area contributed by atoms with Crippen LogP contribution in [0.2, 0.25) is 0 Å². The van der Waals surface area contributed by atoms with Gasteiger partial charge in [0.2, 0.25) is 5.82 Å². The first-order valence-electron chi connectivity index (χ1n) is 8.61. The number of nitrogens with zero attached hydrogens (tertiary/aromatic N) is 4. The molecule has 7 heteroatoms. The Morgan fingerprint density at radius 3 is 2.12 bits per heavy atom. The molecule has 1 N–H and O–H groups in total. The van der Waals surface area contributed by atoms with Crippen molar-refractivity contribution in [2.75, 3.05) is 0 Å². The molecule has 2 aliphatic heterocycles. The van der Waals surface area contributed by atoms with Crippen molar-refractivity contribution in [3.63, 3.8) is 0 Å². The van der Waals surface area contributed by atoms with Gasteiger partial charge in [-0.05, 0) is 45.9 Å². The molecule has 2 heterocycles. The molecule has 139 valence electrons. The second-order valence-electron chi connectivity index (χ2n) is 8.88. The fraction of sp³-hybridized carbons (Fsp3) is 0.526. The van der Waals surface area contributed by atoms with E-state index in [0.717, 1.165) is 10.1 Å². The van der Waals surface area contributed by atoms with Crippen molar-refractivity contribution in [1.82, 2.24) is 10.1 Å². The summed E-state index contributed by atoms with van der Waals surface area (Å²) in [7, 11) is 0. The normalized spacial score (nSPS) is 23.6. The summed E-state index contributed by atoms with van der Waals surface area (Å²) < 4.78 is 0. The number of Topliss-reactive ketones (excluding diaryl/α,β-unsaturated/α-hetero) is 1. The lowest BCUT2D eigenvalue weighted by molar-refractivity contribution is -0.182. The van der Waals surface area contributed by atoms with Gasteiger partial charge in [-0.2, -0.15) is 5.06 Å². The third-order valence-electron chi connectivity index (χ3n) is 5.50. The molecule has 0 unspecified atom stereocenters. The first kappa shape index (κ1) is 18.5. The van der Waals surface area contributed by atoms with E-state index in [-0.39, 0.29) is 17.4 Å². The Morgan fingerprint density at radius 2 is 1.62 bits per heavy atom. The van der Waals surface area contributed by atoms with Gasteiger partial charge in [-0.25, -0.2) is 15.0 Å². The molecular weight excluding hydrogens is 332 g/mol. The van der Waals surface area contributed by atoms with Gasteiger partial charge in [-0.1, -0.05) is 26.0 Å². The average Bonchev–Trinajstić information content (AvgIpc) is 2.99. The molecular formula is C19H25N4O3. The third-order valence-corrected chi connectivity index (χ3v) is 5.50. The summed E-state index contributed by atoms with van der Waals surface area (Å²) >= 11 is 0. The molecule has 1 radical (unpaired) electrons. The van der Waals surface area contributed by atoms with Crippen molar-refractivity contribution in [2.45, 2.75) is 59.5 Å². The first-order valence-corrected chi connectivity index (χ1v) is 8.61. The maximum Gasteiger partial charge on any atom is 0.202 e. The molecule has 0 atom stereocenters. The van der Waals surface area contributed by atoms with Gasteiger partial charge in [0, 0.05) is 11.0 Å². The SMILES string of the molecule is CC(C)(C)C(=O)c1ccc2c(c1)=N/C(=C1\N([O])C(C)(C)C(C)(C)N1O)N=2. The minimum absolute atomic E-state index is 0.00831. The van der Waals surface area contributed by atoms with Crippen molar-refractivity contribution < 1.29 is 15.2 Å². The zero-order chi connectivity index (χ0) is 19.7. The van der Waals surface area contributed by atoms with Gasteiger partial charge in [0.05, 0.1) is 21.8 Å². The van der Waals surface area contributed by atoms with E-state index in [2.05, 4.69) is 9.98 Å². The van der Waals surface area contributed by atoms with Gasteiger partial charge >= 0.3 is 0 Å². The van der Waals surface area contributed by atoms with Crippen molar-refractivity contribution in [1.29, 1.82) is 0 Å². The van der Waals surface area contributed by atoms with E-state index < -0.39 is 16.5 Å². The summed E-state index contributed by atoms with van der Waals surface area (Å²) in [4.78, 5) is 21.3. The average molecular weight is 357 g/mol. The molecule has 0 bridgehead atoms. The Hall–Kier alpha value is -2.25. The number of carbonyl (C=O) groups excluding carboxylic acids is 1. The van der Waals surface area contributed by atoms with E-state index in [1.807, 2.05) is 20.8 Å². The molecule has 2 aliphatic rings. The van der Waals surface area contributed by atoms with Crippen LogP contribution in [0.15, 0.2) is 39.8 Å². The second kappa shape index (κ2) is 5.37. The first-order chi connectivity index (χ1) is 11.8. The zero-order valence-electron chi connectivity index (χ0n) is 16.3. The summed E-state index contributed by atoms with van der Waals surface area (Å²) in [6.45, 7) is 12.7. The lowest BCUT2D eigenvalue weighted by Gasteiger charge is -2.36. The number of benzene rings is 1. The van der Waals surface area contributed by atoms with Gasteiger partial charge in [-0.3, -0.25) is 10.0 Å². The summed E-state index contributed by atoms with van der Waals surface area (Å²) in [6, 6.07) is 5.11. The van der Waals surface area contributed by atoms with Gasteiger partial charge in [0.15, 0.2) is 11.6 Å². The number of ketones is 1. The summed E-state index contributed by atoms with van der Waals surface area (Å²) in [5, 5.41) is 26.1. The van der Waals surface area contributed by atoms with Crippen molar-refractivity contribution in [3.8, 4) is 0 Å². The van der Waals surface area contributed by atoms with Crippen LogP contribution >= 0.6 is 0 Å². The highest BCUT2D eigenvalue weighted by atomic mass is 16.6. The van der Waals surface area contributed by atoms with E-state index >= 15 is 0 Å². The van der Waals surface area contributed by atoms with Crippen LogP contribution in [0.5, 0.6) is 0 Å². The maximum atomic E-state index is 12.8. The lowest BCUT2D eigenvalue weighted by atomic mass is 9.84. The Balaban J connectivity index is 2.13. The van der Waals surface area contributed by atoms with E-state index in [4.69, 9.17) is 0 Å². The predicted molar refractivity (Wildman–Crippen MR) is 93.9 cm³/mol. The molecule has 0 aliphatic carbocycles. The topological polar surface area (TPSA) is 88.4 Å². The fourth-order valence-electron chi connectivity index (χ4n) is 2.94. The number of hydrogen-bond acceptors (Lipinski definition) is 6. The molecule has 1 aromatic rings. The number of fused-ring (bicyclic) bond motifs is 1. The third kappa shape index (κ3) is 2.46. The zero-order valence-corrected chi connectivity index (χ0v) is 16.3. The van der Waals surface area contributed by atoms with Crippen LogP contribution in [-0.4, -0.2) is 32.2 Å². The van der Waals surface area contributed by atoms with E-state index in [1.165, 1.54) is 0 Å². The summed E-state index contributed by atoms with van der Waals surface area (Å²) in [5.41, 5.74) is -1.63. The maximum absolute atomic E-state index is 12.8. The molecule has 0 amide bonds. The van der Waals surface area contributed by atoms with Crippen LogP contribution in [0.4, 0.5) is 0 Å². The summed E-state index contributed by atoms with van der Waals surface area (Å²) in [5.74, 6) is 0.172. The molecule has 26 heavy (non-hydrogen) atoms. The second-order valence-corrected chi connectivity index (χ2v) is 8.88. The summed E-state index contributed by atoms with van der Waals surface area (Å²) in [6.07, 6.45) is 0. The molecule has 0 spiro atoms. The van der Waals surface area contributed by atoms with Crippen LogP contribution < -0.4 is 10.7 Å². The standard InChI is InChI=1S/C19H25N4O3/c1-17(2,3)14(24)11-8-9-12-13(10-11)21-15(20-12)16-22(25)18(4,5)19(6,7)23(16)26/h8-10,25H,1-7H3/b16-15-. The minimum atomic E-state index is -0.864. The van der Waals surface area contributed by atoms with Crippen LogP contribution in [0.25, 0.3) is 0 Å². The monoisotopic (exact) mass is 357 g/mol. The van der Waals surface area contributed by atoms with E-state index in [9.17, 15) is 15.2 Å². The van der Waals surface area contributed by atoms with Crippen LogP contribution in [0, 0.1) is 5.41 Å². The molecule has 1 saturated heterocycles. The lowest BCUT2D eigenvalue weighted by Crippen LogP contribution is -2.52. The van der Waals surface area contributed by atoms with Gasteiger partial charge < -0.3 is 0 Å². The van der Waals surface area contributed by atoms with Gasteiger partial charge in [0.25, 0.3) is 0 Å². The Morgan fingerprint density at radius 1 is 1.04 bits per heavy atom. The molecule has 1 fully saturated rings. The van der Waals surface area contributed by atoms with Crippen LogP contribution in [-0.2, 0) is 5.21 Å². The van der Waals surface area contributed by atoms with E-state index in [0.29, 0.717) is 16.3 Å². The van der Waals surface area contributed by atoms with Crippen LogP contribution in [0.1, 0.15) is 58.8 Å². The number of carbonyl (C=O) groups is 1. The molecule has 1 aromatic carbocycles. The number of rotatable bonds is 1. The Labute approximate surface area is 152 Å². The predicted octanol–water partition coefficient (Wildman–Crippen LogP) is 2.20. The largest absolute Gasteiger partial charge is 0.294 e. The highest BCUT2D eigenvalue weighted by Crippen LogP contribution is 2.44. The van der Waals surface area contributed by atoms with Crippen LogP contribution in [0.3, 0.4) is 0 Å². The van der Waals surface area contributed by atoms with E-state index in [1.54, 1.807) is 45.9 Å². The molecule has 7 nitrogen and oxygen atoms in total. The number of hydrogen-bond donors (Lipinski definition) is 1. The number of hydroxylamine groups is 4. The van der Waals surface area contributed by atoms with Crippen molar-refractivity contribution in [3.05, 3.63) is 46.1 Å². The Bertz CT molecular complexity index is 917. The molecule has 0 aromatic heterocycles. The smallest absolute Gasteiger partial charge is 0.202 e. The minimum Gasteiger partial charge on any atom is -0.294 e. The quantitative estimate of drug-likeness (QED) is 0.781. The van der Waals surface area contributed by atoms with Gasteiger partial charge in [-0.15, -0.1) is 0 Å². The molecule has 0 saturated carbocycles. The molecule has 3 rings (SSSR count).